The van der Waals surface area contributed by atoms with Crippen molar-refractivity contribution in [1.82, 2.24) is 4.90 Å². The number of aliphatic hydroxyl groups is 1. The third-order valence-corrected chi connectivity index (χ3v) is 4.47. The first-order chi connectivity index (χ1) is 9.03. The average molecular weight is 261 g/mol. The molecule has 1 unspecified atom stereocenters. The van der Waals surface area contributed by atoms with E-state index in [2.05, 4.69) is 24.8 Å². The molecule has 0 bridgehead atoms. The number of ether oxygens (including phenoxy) is 1. The highest BCUT2D eigenvalue weighted by Gasteiger charge is 2.44. The first-order valence-electron chi connectivity index (χ1n) is 7.15. The zero-order valence-corrected chi connectivity index (χ0v) is 12.1. The van der Waals surface area contributed by atoms with Gasteiger partial charge in [0.25, 0.3) is 0 Å². The van der Waals surface area contributed by atoms with Gasteiger partial charge in [0.2, 0.25) is 0 Å². The summed E-state index contributed by atoms with van der Waals surface area (Å²) in [6.45, 7) is 5.88. The van der Waals surface area contributed by atoms with Crippen LogP contribution in [0.1, 0.15) is 36.0 Å². The number of aryl methyl sites for hydroxylation is 2. The molecule has 1 aromatic rings. The minimum atomic E-state index is -0.744. The predicted octanol–water partition coefficient (Wildman–Crippen LogP) is 2.37. The molecule has 3 nitrogen and oxygen atoms in total. The summed E-state index contributed by atoms with van der Waals surface area (Å²) in [5.74, 6) is 0.831. The summed E-state index contributed by atoms with van der Waals surface area (Å²) in [5, 5.41) is 11.1. The van der Waals surface area contributed by atoms with Crippen LogP contribution in [0.25, 0.3) is 0 Å². The topological polar surface area (TPSA) is 32.7 Å². The molecule has 0 radical (unpaired) electrons. The van der Waals surface area contributed by atoms with Gasteiger partial charge in [-0.3, -0.25) is 4.90 Å². The zero-order chi connectivity index (χ0) is 13.6. The smallest absolute Gasteiger partial charge is 0.125 e. The van der Waals surface area contributed by atoms with Gasteiger partial charge in [-0.1, -0.05) is 6.07 Å². The number of rotatable bonds is 3. The lowest BCUT2D eigenvalue weighted by Crippen LogP contribution is -2.33. The molecule has 3 heteroatoms. The van der Waals surface area contributed by atoms with Crippen LogP contribution in [0.5, 0.6) is 5.75 Å². The van der Waals surface area contributed by atoms with Crippen LogP contribution in [0.4, 0.5) is 0 Å². The third-order valence-electron chi connectivity index (χ3n) is 4.47. The van der Waals surface area contributed by atoms with Crippen molar-refractivity contribution >= 4 is 0 Å². The Labute approximate surface area is 115 Å². The molecule has 19 heavy (non-hydrogen) atoms. The minimum absolute atomic E-state index is 0.714. The Balaban J connectivity index is 1.96. The normalized spacial score (nSPS) is 27.8. The minimum Gasteiger partial charge on any atom is -0.496 e. The number of hydrogen-bond donors (Lipinski definition) is 1. The van der Waals surface area contributed by atoms with Crippen LogP contribution in [0.15, 0.2) is 12.1 Å². The van der Waals surface area contributed by atoms with Crippen molar-refractivity contribution in [2.75, 3.05) is 20.2 Å². The number of methoxy groups -OCH3 is 1. The maximum Gasteiger partial charge on any atom is 0.125 e. The Kier molecular flexibility index (Phi) is 3.06. The SMILES string of the molecule is COc1cc(C)cc(C)c1C1(O)CCN(C2CC2)C1. The molecule has 0 spiro atoms. The fourth-order valence-corrected chi connectivity index (χ4v) is 3.46. The molecule has 1 heterocycles. The van der Waals surface area contributed by atoms with Gasteiger partial charge in [-0.2, -0.15) is 0 Å². The van der Waals surface area contributed by atoms with Gasteiger partial charge in [0.15, 0.2) is 0 Å². The molecule has 104 valence electrons. The summed E-state index contributed by atoms with van der Waals surface area (Å²) in [6, 6.07) is 4.88. The van der Waals surface area contributed by atoms with Gasteiger partial charge in [0.05, 0.1) is 7.11 Å². The van der Waals surface area contributed by atoms with Gasteiger partial charge in [-0.25, -0.2) is 0 Å². The second-order valence-corrected chi connectivity index (χ2v) is 6.14. The van der Waals surface area contributed by atoms with E-state index < -0.39 is 5.60 Å². The highest BCUT2D eigenvalue weighted by atomic mass is 16.5. The van der Waals surface area contributed by atoms with Gasteiger partial charge in [0.1, 0.15) is 11.4 Å². The number of hydrogen-bond acceptors (Lipinski definition) is 3. The molecule has 1 aliphatic carbocycles. The van der Waals surface area contributed by atoms with Crippen LogP contribution in [-0.4, -0.2) is 36.2 Å². The molecule has 2 fully saturated rings. The lowest BCUT2D eigenvalue weighted by atomic mass is 9.87. The molecule has 1 atom stereocenters. The Bertz CT molecular complexity index is 496. The number of likely N-dealkylation sites (tertiary alicyclic amines) is 1. The van der Waals surface area contributed by atoms with Crippen molar-refractivity contribution in [2.24, 2.45) is 0 Å². The van der Waals surface area contributed by atoms with Crippen molar-refractivity contribution in [3.8, 4) is 5.75 Å². The summed E-state index contributed by atoms with van der Waals surface area (Å²) >= 11 is 0. The Morgan fingerprint density at radius 2 is 2.05 bits per heavy atom. The van der Waals surface area contributed by atoms with Crippen LogP contribution >= 0.6 is 0 Å². The molecule has 1 saturated heterocycles. The summed E-state index contributed by atoms with van der Waals surface area (Å²) in [7, 11) is 1.69. The lowest BCUT2D eigenvalue weighted by molar-refractivity contribution is 0.0421. The maximum absolute atomic E-state index is 11.1. The van der Waals surface area contributed by atoms with Crippen molar-refractivity contribution in [3.63, 3.8) is 0 Å². The van der Waals surface area contributed by atoms with Crippen molar-refractivity contribution in [2.45, 2.75) is 44.8 Å². The monoisotopic (exact) mass is 261 g/mol. The maximum atomic E-state index is 11.1. The van der Waals surface area contributed by atoms with Crippen molar-refractivity contribution in [3.05, 3.63) is 28.8 Å². The first-order valence-corrected chi connectivity index (χ1v) is 7.15. The van der Waals surface area contributed by atoms with E-state index in [0.29, 0.717) is 6.04 Å². The number of nitrogens with zero attached hydrogens (tertiary/aromatic N) is 1. The second kappa shape index (κ2) is 4.50. The molecular weight excluding hydrogens is 238 g/mol. The van der Waals surface area contributed by atoms with Gasteiger partial charge in [0, 0.05) is 24.7 Å². The lowest BCUT2D eigenvalue weighted by Gasteiger charge is -2.28. The van der Waals surface area contributed by atoms with E-state index in [0.717, 1.165) is 36.4 Å². The highest BCUT2D eigenvalue weighted by Crippen LogP contribution is 2.43. The third kappa shape index (κ3) is 2.26. The summed E-state index contributed by atoms with van der Waals surface area (Å²) in [4.78, 5) is 2.43. The van der Waals surface area contributed by atoms with Gasteiger partial charge >= 0.3 is 0 Å². The van der Waals surface area contributed by atoms with E-state index in [1.165, 1.54) is 18.4 Å². The standard InChI is InChI=1S/C16H23NO2/c1-11-8-12(2)15(14(9-11)19-3)16(18)6-7-17(10-16)13-4-5-13/h8-9,13,18H,4-7,10H2,1-3H3. The van der Waals surface area contributed by atoms with E-state index in [9.17, 15) is 5.11 Å². The van der Waals surface area contributed by atoms with E-state index in [-0.39, 0.29) is 0 Å². The molecule has 0 aromatic heterocycles. The molecule has 3 rings (SSSR count). The number of benzene rings is 1. The van der Waals surface area contributed by atoms with E-state index in [4.69, 9.17) is 4.74 Å². The molecule has 1 N–H and O–H groups in total. The van der Waals surface area contributed by atoms with E-state index in [1.807, 2.05) is 6.07 Å². The van der Waals surface area contributed by atoms with Gasteiger partial charge < -0.3 is 9.84 Å². The fourth-order valence-electron chi connectivity index (χ4n) is 3.46. The summed E-state index contributed by atoms with van der Waals surface area (Å²) in [6.07, 6.45) is 3.39. The Morgan fingerprint density at radius 3 is 2.68 bits per heavy atom. The molecule has 0 amide bonds. The molecule has 1 aromatic carbocycles. The summed E-state index contributed by atoms with van der Waals surface area (Å²) in [5.41, 5.74) is 2.56. The molecule has 2 aliphatic rings. The van der Waals surface area contributed by atoms with E-state index >= 15 is 0 Å². The van der Waals surface area contributed by atoms with E-state index in [1.54, 1.807) is 7.11 Å². The largest absolute Gasteiger partial charge is 0.496 e. The summed E-state index contributed by atoms with van der Waals surface area (Å²) < 4.78 is 5.52. The van der Waals surface area contributed by atoms with Crippen LogP contribution in [0, 0.1) is 13.8 Å². The predicted molar refractivity (Wildman–Crippen MR) is 75.6 cm³/mol. The van der Waals surface area contributed by atoms with Crippen molar-refractivity contribution in [1.29, 1.82) is 0 Å². The molecule has 1 saturated carbocycles. The zero-order valence-electron chi connectivity index (χ0n) is 12.1. The van der Waals surface area contributed by atoms with Crippen LogP contribution < -0.4 is 4.74 Å². The van der Waals surface area contributed by atoms with Crippen LogP contribution in [-0.2, 0) is 5.60 Å². The Morgan fingerprint density at radius 1 is 1.32 bits per heavy atom. The molecular formula is C16H23NO2. The first kappa shape index (κ1) is 12.9. The van der Waals surface area contributed by atoms with Crippen LogP contribution in [0.3, 0.4) is 0 Å². The average Bonchev–Trinajstić information content (AvgIpc) is 3.12. The van der Waals surface area contributed by atoms with Crippen molar-refractivity contribution < 1.29 is 9.84 Å². The van der Waals surface area contributed by atoms with Crippen LogP contribution in [0.2, 0.25) is 0 Å². The number of β-amino-alcohol motifs (C(OH)–C–C–N with tert-alkyl or cyclic N) is 1. The van der Waals surface area contributed by atoms with Gasteiger partial charge in [-0.05, 0) is 50.3 Å². The fraction of sp³-hybridized carbons (Fsp3) is 0.625. The molecule has 1 aliphatic heterocycles. The quantitative estimate of drug-likeness (QED) is 0.906. The highest BCUT2D eigenvalue weighted by molar-refractivity contribution is 5.47. The Hall–Kier alpha value is -1.06. The van der Waals surface area contributed by atoms with Gasteiger partial charge in [-0.15, -0.1) is 0 Å². The second-order valence-electron chi connectivity index (χ2n) is 6.14.